The maximum atomic E-state index is 11.7. The summed E-state index contributed by atoms with van der Waals surface area (Å²) in [5, 5.41) is 9.62. The van der Waals surface area contributed by atoms with E-state index >= 15 is 0 Å². The van der Waals surface area contributed by atoms with Gasteiger partial charge < -0.3 is 5.11 Å². The standard InChI is InChI=1S/C22H24O3/c1-21(2)9-10-22(3,4)19-17(11-15(20(24)25)12-18(19)21)16-8-6-5-7-14(16)13-23/h5-8,11-13H,9-10H2,1-4H3,(H,24,25). The largest absolute Gasteiger partial charge is 0.478 e. The second-order valence-corrected chi connectivity index (χ2v) is 8.22. The number of carboxylic acid groups (broad SMARTS) is 1. The van der Waals surface area contributed by atoms with E-state index in [1.165, 1.54) is 5.56 Å². The predicted molar refractivity (Wildman–Crippen MR) is 99.5 cm³/mol. The topological polar surface area (TPSA) is 54.4 Å². The molecule has 1 aliphatic carbocycles. The van der Waals surface area contributed by atoms with Crippen LogP contribution in [0.25, 0.3) is 11.1 Å². The van der Waals surface area contributed by atoms with E-state index in [2.05, 4.69) is 27.7 Å². The van der Waals surface area contributed by atoms with Gasteiger partial charge in [-0.3, -0.25) is 4.79 Å². The van der Waals surface area contributed by atoms with Crippen molar-refractivity contribution in [2.24, 2.45) is 0 Å². The molecule has 0 atom stereocenters. The van der Waals surface area contributed by atoms with Crippen LogP contribution in [0, 0.1) is 0 Å². The number of aromatic carboxylic acids is 1. The zero-order valence-electron chi connectivity index (χ0n) is 15.2. The van der Waals surface area contributed by atoms with E-state index in [0.717, 1.165) is 35.8 Å². The molecule has 0 unspecified atom stereocenters. The van der Waals surface area contributed by atoms with Gasteiger partial charge in [-0.15, -0.1) is 0 Å². The highest BCUT2D eigenvalue weighted by molar-refractivity contribution is 5.94. The van der Waals surface area contributed by atoms with E-state index in [9.17, 15) is 14.7 Å². The summed E-state index contributed by atoms with van der Waals surface area (Å²) in [6, 6.07) is 11.0. The minimum atomic E-state index is -0.938. The Balaban J connectivity index is 2.44. The molecule has 1 aliphatic rings. The molecule has 0 radical (unpaired) electrons. The minimum absolute atomic E-state index is 0.0762. The Morgan fingerprint density at radius 2 is 1.64 bits per heavy atom. The Kier molecular flexibility index (Phi) is 4.06. The van der Waals surface area contributed by atoms with E-state index < -0.39 is 5.97 Å². The molecule has 0 aromatic heterocycles. The minimum Gasteiger partial charge on any atom is -0.478 e. The molecule has 0 heterocycles. The maximum Gasteiger partial charge on any atom is 0.335 e. The van der Waals surface area contributed by atoms with E-state index in [-0.39, 0.29) is 16.4 Å². The van der Waals surface area contributed by atoms with Gasteiger partial charge >= 0.3 is 5.97 Å². The molecular formula is C22H24O3. The molecule has 2 aromatic carbocycles. The Labute approximate surface area is 148 Å². The molecule has 3 rings (SSSR count). The molecule has 2 aromatic rings. The van der Waals surface area contributed by atoms with Crippen LogP contribution in [0.3, 0.4) is 0 Å². The van der Waals surface area contributed by atoms with Gasteiger partial charge in [-0.25, -0.2) is 4.79 Å². The first-order valence-electron chi connectivity index (χ1n) is 8.64. The van der Waals surface area contributed by atoms with Gasteiger partial charge in [0.05, 0.1) is 5.56 Å². The van der Waals surface area contributed by atoms with Crippen LogP contribution in [0.1, 0.15) is 72.4 Å². The molecule has 0 bridgehead atoms. The highest BCUT2D eigenvalue weighted by Crippen LogP contribution is 2.50. The Morgan fingerprint density at radius 1 is 1.00 bits per heavy atom. The number of rotatable bonds is 3. The quantitative estimate of drug-likeness (QED) is 0.782. The van der Waals surface area contributed by atoms with Crippen LogP contribution in [0.5, 0.6) is 0 Å². The summed E-state index contributed by atoms with van der Waals surface area (Å²) in [6.07, 6.45) is 2.87. The van der Waals surface area contributed by atoms with Crippen molar-refractivity contribution >= 4 is 12.3 Å². The summed E-state index contributed by atoms with van der Waals surface area (Å²) >= 11 is 0. The third kappa shape index (κ3) is 2.88. The molecule has 25 heavy (non-hydrogen) atoms. The van der Waals surface area contributed by atoms with Crippen LogP contribution in [0.15, 0.2) is 36.4 Å². The normalized spacial score (nSPS) is 17.6. The van der Waals surface area contributed by atoms with Gasteiger partial charge in [0, 0.05) is 5.56 Å². The highest BCUT2D eigenvalue weighted by Gasteiger charge is 2.39. The smallest absolute Gasteiger partial charge is 0.335 e. The van der Waals surface area contributed by atoms with Crippen molar-refractivity contribution in [1.82, 2.24) is 0 Å². The molecule has 3 nitrogen and oxygen atoms in total. The molecule has 0 fully saturated rings. The summed E-state index contributed by atoms with van der Waals surface area (Å²) < 4.78 is 0. The summed E-state index contributed by atoms with van der Waals surface area (Å²) in [6.45, 7) is 8.74. The number of carbonyl (C=O) groups excluding carboxylic acids is 1. The van der Waals surface area contributed by atoms with E-state index in [1.54, 1.807) is 12.1 Å². The molecule has 0 spiro atoms. The number of hydrogen-bond donors (Lipinski definition) is 1. The zero-order valence-corrected chi connectivity index (χ0v) is 15.2. The van der Waals surface area contributed by atoms with Gasteiger partial charge in [0.1, 0.15) is 0 Å². The van der Waals surface area contributed by atoms with Crippen LogP contribution in [0.2, 0.25) is 0 Å². The number of aldehydes is 1. The lowest BCUT2D eigenvalue weighted by atomic mass is 9.61. The van der Waals surface area contributed by atoms with Crippen molar-refractivity contribution in [3.8, 4) is 11.1 Å². The van der Waals surface area contributed by atoms with Crippen molar-refractivity contribution in [2.45, 2.75) is 51.4 Å². The SMILES string of the molecule is CC1(C)CCC(C)(C)c2c(-c3ccccc3C=O)cc(C(=O)O)cc21. The molecular weight excluding hydrogens is 312 g/mol. The molecule has 0 amide bonds. The first-order valence-corrected chi connectivity index (χ1v) is 8.64. The molecule has 0 aliphatic heterocycles. The van der Waals surface area contributed by atoms with Crippen molar-refractivity contribution in [1.29, 1.82) is 0 Å². The van der Waals surface area contributed by atoms with Crippen molar-refractivity contribution in [3.63, 3.8) is 0 Å². The van der Waals surface area contributed by atoms with Gasteiger partial charge in [0.2, 0.25) is 0 Å². The van der Waals surface area contributed by atoms with Crippen LogP contribution in [-0.4, -0.2) is 17.4 Å². The fourth-order valence-electron chi connectivity index (χ4n) is 3.97. The first kappa shape index (κ1) is 17.4. The number of fused-ring (bicyclic) bond motifs is 1. The van der Waals surface area contributed by atoms with Gasteiger partial charge in [-0.05, 0) is 58.1 Å². The number of hydrogen-bond acceptors (Lipinski definition) is 2. The Hall–Kier alpha value is -2.42. The molecule has 3 heteroatoms. The highest BCUT2D eigenvalue weighted by atomic mass is 16.4. The average molecular weight is 336 g/mol. The fourth-order valence-corrected chi connectivity index (χ4v) is 3.97. The van der Waals surface area contributed by atoms with Crippen molar-refractivity contribution in [3.05, 3.63) is 58.7 Å². The molecule has 130 valence electrons. The Morgan fingerprint density at radius 3 is 2.28 bits per heavy atom. The first-order chi connectivity index (χ1) is 11.7. The summed E-state index contributed by atoms with van der Waals surface area (Å²) in [5.74, 6) is -0.938. The number of benzene rings is 2. The van der Waals surface area contributed by atoms with E-state index in [1.807, 2.05) is 24.3 Å². The fraction of sp³-hybridized carbons (Fsp3) is 0.364. The summed E-state index contributed by atoms with van der Waals surface area (Å²) in [5.41, 5.74) is 4.63. The number of carboxylic acids is 1. The monoisotopic (exact) mass is 336 g/mol. The summed E-state index contributed by atoms with van der Waals surface area (Å²) in [7, 11) is 0. The van der Waals surface area contributed by atoms with Crippen LogP contribution in [0.4, 0.5) is 0 Å². The molecule has 1 N–H and O–H groups in total. The third-order valence-corrected chi connectivity index (χ3v) is 5.54. The van der Waals surface area contributed by atoms with E-state index in [0.29, 0.717) is 5.56 Å². The van der Waals surface area contributed by atoms with Crippen molar-refractivity contribution < 1.29 is 14.7 Å². The van der Waals surface area contributed by atoms with Crippen molar-refractivity contribution in [2.75, 3.05) is 0 Å². The summed E-state index contributed by atoms with van der Waals surface area (Å²) in [4.78, 5) is 23.3. The van der Waals surface area contributed by atoms with Crippen LogP contribution < -0.4 is 0 Å². The average Bonchev–Trinajstić information content (AvgIpc) is 2.58. The molecule has 0 saturated carbocycles. The number of carbonyl (C=O) groups is 2. The zero-order chi connectivity index (χ0) is 18.4. The predicted octanol–water partition coefficient (Wildman–Crippen LogP) is 5.21. The van der Waals surface area contributed by atoms with E-state index in [4.69, 9.17) is 0 Å². The van der Waals surface area contributed by atoms with Crippen LogP contribution in [-0.2, 0) is 10.8 Å². The lowest BCUT2D eigenvalue weighted by molar-refractivity contribution is 0.0696. The lowest BCUT2D eigenvalue weighted by Crippen LogP contribution is -2.35. The molecule has 0 saturated heterocycles. The third-order valence-electron chi connectivity index (χ3n) is 5.54. The Bertz CT molecular complexity index is 860. The maximum absolute atomic E-state index is 11.7. The van der Waals surface area contributed by atoms with Gasteiger partial charge in [0.15, 0.2) is 6.29 Å². The van der Waals surface area contributed by atoms with Gasteiger partial charge in [0.25, 0.3) is 0 Å². The second kappa shape index (κ2) is 5.83. The van der Waals surface area contributed by atoms with Gasteiger partial charge in [-0.2, -0.15) is 0 Å². The van der Waals surface area contributed by atoms with Gasteiger partial charge in [-0.1, -0.05) is 52.0 Å². The lowest BCUT2D eigenvalue weighted by Gasteiger charge is -2.43. The van der Waals surface area contributed by atoms with Crippen LogP contribution >= 0.6 is 0 Å². The second-order valence-electron chi connectivity index (χ2n) is 8.22.